The summed E-state index contributed by atoms with van der Waals surface area (Å²) >= 11 is 0. The molecule has 7 heteroatoms. The molecule has 1 N–H and O–H groups in total. The van der Waals surface area contributed by atoms with Gasteiger partial charge in [0.15, 0.2) is 5.69 Å². The average Bonchev–Trinajstić information content (AvgIpc) is 2.69. The topological polar surface area (TPSA) is 98.0 Å². The highest BCUT2D eigenvalue weighted by Gasteiger charge is 2.15. The first-order chi connectivity index (χ1) is 12.7. The van der Waals surface area contributed by atoms with E-state index < -0.39 is 11.5 Å². The molecule has 0 aliphatic rings. The van der Waals surface area contributed by atoms with Gasteiger partial charge in [0, 0.05) is 6.20 Å². The second-order valence-electron chi connectivity index (χ2n) is 5.43. The maximum absolute atomic E-state index is 12.4. The van der Waals surface area contributed by atoms with E-state index in [1.165, 1.54) is 6.20 Å². The molecule has 7 nitrogen and oxygen atoms in total. The fourth-order valence-electron chi connectivity index (χ4n) is 2.52. The summed E-state index contributed by atoms with van der Waals surface area (Å²) in [6.07, 6.45) is 1.48. The van der Waals surface area contributed by atoms with Crippen LogP contribution in [0, 0.1) is 0 Å². The van der Waals surface area contributed by atoms with E-state index >= 15 is 0 Å². The Balaban J connectivity index is 1.77. The SMILES string of the molecule is O=C(Nc1ccccc1-c1nc2ccccc2c(=O)o1)c1cccnn1. The lowest BCUT2D eigenvalue weighted by Crippen LogP contribution is -2.15. The van der Waals surface area contributed by atoms with Crippen LogP contribution in [-0.2, 0) is 0 Å². The van der Waals surface area contributed by atoms with Gasteiger partial charge in [-0.05, 0) is 36.4 Å². The van der Waals surface area contributed by atoms with Crippen LogP contribution in [0.4, 0.5) is 5.69 Å². The number of hydrogen-bond acceptors (Lipinski definition) is 6. The minimum atomic E-state index is -0.486. The summed E-state index contributed by atoms with van der Waals surface area (Å²) in [7, 11) is 0. The van der Waals surface area contributed by atoms with E-state index in [0.717, 1.165) is 0 Å². The molecule has 0 unspecified atom stereocenters. The monoisotopic (exact) mass is 344 g/mol. The average molecular weight is 344 g/mol. The van der Waals surface area contributed by atoms with Crippen LogP contribution in [0.2, 0.25) is 0 Å². The van der Waals surface area contributed by atoms with Crippen LogP contribution in [0.3, 0.4) is 0 Å². The van der Waals surface area contributed by atoms with Gasteiger partial charge in [-0.25, -0.2) is 9.78 Å². The number of nitrogens with one attached hydrogen (secondary N) is 1. The largest absolute Gasteiger partial charge is 0.403 e. The van der Waals surface area contributed by atoms with Crippen molar-refractivity contribution in [3.8, 4) is 11.5 Å². The fraction of sp³-hybridized carbons (Fsp3) is 0. The van der Waals surface area contributed by atoms with Crippen molar-refractivity contribution in [1.29, 1.82) is 0 Å². The van der Waals surface area contributed by atoms with E-state index in [1.54, 1.807) is 60.7 Å². The van der Waals surface area contributed by atoms with Crippen LogP contribution in [0.1, 0.15) is 10.5 Å². The van der Waals surface area contributed by atoms with Gasteiger partial charge in [0.1, 0.15) is 0 Å². The summed E-state index contributed by atoms with van der Waals surface area (Å²) in [4.78, 5) is 29.0. The van der Waals surface area contributed by atoms with Gasteiger partial charge in [0.25, 0.3) is 5.91 Å². The molecule has 2 aromatic carbocycles. The van der Waals surface area contributed by atoms with Crippen molar-refractivity contribution in [1.82, 2.24) is 15.2 Å². The molecule has 0 aliphatic carbocycles. The van der Waals surface area contributed by atoms with E-state index in [9.17, 15) is 9.59 Å². The molecule has 2 aromatic heterocycles. The number of hydrogen-bond donors (Lipinski definition) is 1. The molecule has 2 heterocycles. The Morgan fingerprint density at radius 1 is 0.962 bits per heavy atom. The predicted molar refractivity (Wildman–Crippen MR) is 95.7 cm³/mol. The van der Waals surface area contributed by atoms with Crippen molar-refractivity contribution < 1.29 is 9.21 Å². The Kier molecular flexibility index (Phi) is 3.95. The van der Waals surface area contributed by atoms with Crippen molar-refractivity contribution in [2.75, 3.05) is 5.32 Å². The molecule has 0 fully saturated rings. The summed E-state index contributed by atoms with van der Waals surface area (Å²) < 4.78 is 5.36. The van der Waals surface area contributed by atoms with Crippen molar-refractivity contribution in [2.24, 2.45) is 0 Å². The summed E-state index contributed by atoms with van der Waals surface area (Å²) in [6, 6.07) is 17.0. The molecule has 4 aromatic rings. The second-order valence-corrected chi connectivity index (χ2v) is 5.43. The lowest BCUT2D eigenvalue weighted by Gasteiger charge is -2.09. The molecular formula is C19H12N4O3. The van der Waals surface area contributed by atoms with Crippen molar-refractivity contribution in [3.63, 3.8) is 0 Å². The maximum Gasteiger partial charge on any atom is 0.347 e. The first-order valence-electron chi connectivity index (χ1n) is 7.81. The van der Waals surface area contributed by atoms with Crippen molar-refractivity contribution in [2.45, 2.75) is 0 Å². The Bertz CT molecular complexity index is 1160. The Morgan fingerprint density at radius 3 is 2.62 bits per heavy atom. The molecule has 4 rings (SSSR count). The number of rotatable bonds is 3. The third-order valence-electron chi connectivity index (χ3n) is 3.75. The number of benzene rings is 2. The fourth-order valence-corrected chi connectivity index (χ4v) is 2.52. The van der Waals surface area contributed by atoms with Gasteiger partial charge in [-0.1, -0.05) is 24.3 Å². The highest BCUT2D eigenvalue weighted by Crippen LogP contribution is 2.27. The number of amides is 1. The zero-order valence-electron chi connectivity index (χ0n) is 13.4. The van der Waals surface area contributed by atoms with Crippen molar-refractivity contribution in [3.05, 3.63) is 83.0 Å². The predicted octanol–water partition coefficient (Wildman–Crippen LogP) is 2.90. The molecule has 0 spiro atoms. The number of fused-ring (bicyclic) bond motifs is 1. The Labute approximate surface area is 147 Å². The smallest absolute Gasteiger partial charge is 0.347 e. The van der Waals surface area contributed by atoms with Crippen LogP contribution in [-0.4, -0.2) is 21.1 Å². The second kappa shape index (κ2) is 6.56. The third-order valence-corrected chi connectivity index (χ3v) is 3.75. The van der Waals surface area contributed by atoms with Gasteiger partial charge in [-0.3, -0.25) is 4.79 Å². The molecule has 0 bridgehead atoms. The lowest BCUT2D eigenvalue weighted by molar-refractivity contribution is 0.102. The minimum absolute atomic E-state index is 0.128. The van der Waals surface area contributed by atoms with Gasteiger partial charge in [0.2, 0.25) is 5.89 Å². The summed E-state index contributed by atoms with van der Waals surface area (Å²) in [5.41, 5.74) is 1.16. The Morgan fingerprint density at radius 2 is 1.77 bits per heavy atom. The van der Waals surface area contributed by atoms with Crippen LogP contribution in [0.25, 0.3) is 22.4 Å². The summed E-state index contributed by atoms with van der Waals surface area (Å²) in [6.45, 7) is 0. The zero-order valence-corrected chi connectivity index (χ0v) is 13.4. The van der Waals surface area contributed by atoms with Gasteiger partial charge < -0.3 is 9.73 Å². The first kappa shape index (κ1) is 15.6. The molecule has 0 atom stereocenters. The van der Waals surface area contributed by atoms with E-state index in [2.05, 4.69) is 20.5 Å². The molecule has 0 radical (unpaired) electrons. The number of carbonyl (C=O) groups excluding carboxylic acids is 1. The highest BCUT2D eigenvalue weighted by molar-refractivity contribution is 6.04. The minimum Gasteiger partial charge on any atom is -0.403 e. The number of anilines is 1. The summed E-state index contributed by atoms with van der Waals surface area (Å²) in [5, 5.41) is 10.6. The van der Waals surface area contributed by atoms with E-state index in [-0.39, 0.29) is 11.6 Å². The number of nitrogens with zero attached hydrogens (tertiary/aromatic N) is 3. The highest BCUT2D eigenvalue weighted by atomic mass is 16.4. The van der Waals surface area contributed by atoms with E-state index in [4.69, 9.17) is 4.42 Å². The van der Waals surface area contributed by atoms with Crippen molar-refractivity contribution >= 4 is 22.5 Å². The molecule has 26 heavy (non-hydrogen) atoms. The third kappa shape index (κ3) is 2.93. The molecule has 0 aliphatic heterocycles. The van der Waals surface area contributed by atoms with Gasteiger partial charge in [-0.2, -0.15) is 5.10 Å². The normalized spacial score (nSPS) is 10.6. The molecular weight excluding hydrogens is 332 g/mol. The van der Waals surface area contributed by atoms with Crippen LogP contribution >= 0.6 is 0 Å². The molecule has 126 valence electrons. The quantitative estimate of drug-likeness (QED) is 0.614. The Hall–Kier alpha value is -3.87. The van der Waals surface area contributed by atoms with Crippen LogP contribution < -0.4 is 10.9 Å². The standard InChI is InChI=1S/C19H12N4O3/c24-17(16-10-5-11-20-23-16)21-14-8-3-1-6-12(14)18-22-15-9-4-2-7-13(15)19(25)26-18/h1-11H,(H,21,24). The summed E-state index contributed by atoms with van der Waals surface area (Å²) in [5.74, 6) is -0.294. The zero-order chi connectivity index (χ0) is 17.9. The molecule has 0 saturated carbocycles. The molecule has 1 amide bonds. The van der Waals surface area contributed by atoms with Crippen LogP contribution in [0.5, 0.6) is 0 Å². The molecule has 0 saturated heterocycles. The number of aromatic nitrogens is 3. The van der Waals surface area contributed by atoms with Crippen LogP contribution in [0.15, 0.2) is 76.1 Å². The van der Waals surface area contributed by atoms with Gasteiger partial charge in [0.05, 0.1) is 22.2 Å². The van der Waals surface area contributed by atoms with E-state index in [0.29, 0.717) is 22.2 Å². The maximum atomic E-state index is 12.4. The van der Waals surface area contributed by atoms with Gasteiger partial charge >= 0.3 is 5.63 Å². The lowest BCUT2D eigenvalue weighted by atomic mass is 10.1. The van der Waals surface area contributed by atoms with E-state index in [1.807, 2.05) is 0 Å². The first-order valence-corrected chi connectivity index (χ1v) is 7.81. The van der Waals surface area contributed by atoms with Gasteiger partial charge in [-0.15, -0.1) is 5.10 Å². The number of para-hydroxylation sites is 2. The number of carbonyl (C=O) groups is 1.